The first-order chi connectivity index (χ1) is 13.7. The average molecular weight is 512 g/mol. The summed E-state index contributed by atoms with van der Waals surface area (Å²) in [6, 6.07) is 8.22. The predicted octanol–water partition coefficient (Wildman–Crippen LogP) is 4.13. The highest BCUT2D eigenvalue weighted by atomic mass is 127. The van der Waals surface area contributed by atoms with Crippen molar-refractivity contribution in [1.82, 2.24) is 15.2 Å². The van der Waals surface area contributed by atoms with E-state index >= 15 is 0 Å². The van der Waals surface area contributed by atoms with Crippen LogP contribution in [-0.2, 0) is 11.2 Å². The number of aromatic nitrogens is 1. The monoisotopic (exact) mass is 512 g/mol. The van der Waals surface area contributed by atoms with E-state index in [1.54, 1.807) is 6.26 Å². The third-order valence-electron chi connectivity index (χ3n) is 5.30. The summed E-state index contributed by atoms with van der Waals surface area (Å²) in [5, 5.41) is 3.43. The number of oxazole rings is 1. The van der Waals surface area contributed by atoms with Crippen LogP contribution in [0.15, 0.2) is 39.9 Å². The van der Waals surface area contributed by atoms with Gasteiger partial charge in [0.15, 0.2) is 5.96 Å². The van der Waals surface area contributed by atoms with Crippen molar-refractivity contribution in [2.45, 2.75) is 32.6 Å². The topological polar surface area (TPSA) is 62.9 Å². The van der Waals surface area contributed by atoms with Crippen molar-refractivity contribution in [2.75, 3.05) is 40.4 Å². The molecular weight excluding hydrogens is 479 g/mol. The number of nitrogens with one attached hydrogen (secondary N) is 1. The van der Waals surface area contributed by atoms with Crippen molar-refractivity contribution in [2.24, 2.45) is 10.9 Å². The molecule has 2 aromatic rings. The number of rotatable bonds is 7. The van der Waals surface area contributed by atoms with Gasteiger partial charge in [0, 0.05) is 52.4 Å². The fourth-order valence-electron chi connectivity index (χ4n) is 3.45. The van der Waals surface area contributed by atoms with Crippen LogP contribution in [0.4, 0.5) is 0 Å². The highest BCUT2D eigenvalue weighted by Crippen LogP contribution is 2.20. The number of benzene rings is 1. The van der Waals surface area contributed by atoms with Crippen molar-refractivity contribution < 1.29 is 9.15 Å². The van der Waals surface area contributed by atoms with Gasteiger partial charge in [-0.05, 0) is 44.2 Å². The normalized spacial score (nSPS) is 15.1. The molecule has 29 heavy (non-hydrogen) atoms. The van der Waals surface area contributed by atoms with Gasteiger partial charge in [0.25, 0.3) is 0 Å². The number of hydrogen-bond acceptors (Lipinski definition) is 4. The first-order valence-corrected chi connectivity index (χ1v) is 10.2. The van der Waals surface area contributed by atoms with Crippen molar-refractivity contribution >= 4 is 29.9 Å². The van der Waals surface area contributed by atoms with Crippen LogP contribution in [0.5, 0.6) is 0 Å². The maximum absolute atomic E-state index is 5.64. The van der Waals surface area contributed by atoms with Crippen LogP contribution in [0.1, 0.15) is 30.5 Å². The second-order valence-electron chi connectivity index (χ2n) is 7.50. The Labute approximate surface area is 191 Å². The summed E-state index contributed by atoms with van der Waals surface area (Å²) in [5.41, 5.74) is 3.18. The largest absolute Gasteiger partial charge is 0.444 e. The zero-order valence-corrected chi connectivity index (χ0v) is 20.0. The molecule has 1 aliphatic heterocycles. The molecule has 0 bridgehead atoms. The number of ether oxygens (including phenoxy) is 1. The predicted molar refractivity (Wildman–Crippen MR) is 128 cm³/mol. The van der Waals surface area contributed by atoms with Crippen LogP contribution < -0.4 is 5.32 Å². The van der Waals surface area contributed by atoms with Crippen LogP contribution in [0, 0.1) is 12.8 Å². The van der Waals surface area contributed by atoms with Crippen LogP contribution in [0.2, 0.25) is 0 Å². The molecule has 1 saturated heterocycles. The van der Waals surface area contributed by atoms with Crippen LogP contribution in [0.25, 0.3) is 11.5 Å². The summed E-state index contributed by atoms with van der Waals surface area (Å²) >= 11 is 0. The molecule has 0 amide bonds. The van der Waals surface area contributed by atoms with Crippen molar-refractivity contribution in [3.63, 3.8) is 0 Å². The summed E-state index contributed by atoms with van der Waals surface area (Å²) in [6.45, 7) is 5.66. The highest BCUT2D eigenvalue weighted by Gasteiger charge is 2.15. The Balaban J connectivity index is 0.00000300. The van der Waals surface area contributed by atoms with Crippen molar-refractivity contribution in [1.29, 1.82) is 0 Å². The SMILES string of the molecule is CN=C(NCCc1coc(-c2ccc(C)cc2)n1)N(C)CCC1CCOCC1.I. The van der Waals surface area contributed by atoms with E-state index in [0.717, 1.165) is 55.9 Å². The average Bonchev–Trinajstić information content (AvgIpc) is 3.19. The molecule has 1 N–H and O–H groups in total. The van der Waals surface area contributed by atoms with E-state index in [4.69, 9.17) is 9.15 Å². The Hall–Kier alpha value is -1.61. The van der Waals surface area contributed by atoms with Crippen LogP contribution in [0.3, 0.4) is 0 Å². The molecule has 0 saturated carbocycles. The fourth-order valence-corrected chi connectivity index (χ4v) is 3.45. The number of guanidine groups is 1. The maximum atomic E-state index is 5.64. The molecule has 0 atom stereocenters. The van der Waals surface area contributed by atoms with Gasteiger partial charge in [-0.3, -0.25) is 4.99 Å². The second-order valence-corrected chi connectivity index (χ2v) is 7.50. The Morgan fingerprint density at radius 2 is 1.97 bits per heavy atom. The molecule has 1 aromatic carbocycles. The fraction of sp³-hybridized carbons (Fsp3) is 0.545. The molecule has 6 nitrogen and oxygen atoms in total. The standard InChI is InChI=1S/C22H32N4O2.HI/c1-17-4-6-19(7-5-17)21-25-20(16-28-21)8-12-24-22(23-2)26(3)13-9-18-10-14-27-15-11-18;/h4-7,16,18H,8-15H2,1-3H3,(H,23,24);1H. The van der Waals surface area contributed by atoms with E-state index in [0.29, 0.717) is 5.89 Å². The lowest BCUT2D eigenvalue weighted by molar-refractivity contribution is 0.0625. The first kappa shape index (κ1) is 23.7. The van der Waals surface area contributed by atoms with Gasteiger partial charge in [-0.15, -0.1) is 24.0 Å². The van der Waals surface area contributed by atoms with Crippen LogP contribution in [-0.4, -0.2) is 56.2 Å². The van der Waals surface area contributed by atoms with Gasteiger partial charge in [-0.2, -0.15) is 0 Å². The first-order valence-electron chi connectivity index (χ1n) is 10.2. The zero-order valence-electron chi connectivity index (χ0n) is 17.7. The molecule has 3 rings (SSSR count). The van der Waals surface area contributed by atoms with Gasteiger partial charge in [0.05, 0.1) is 5.69 Å². The van der Waals surface area contributed by atoms with Gasteiger partial charge in [-0.25, -0.2) is 4.98 Å². The Bertz CT molecular complexity index is 754. The lowest BCUT2D eigenvalue weighted by atomic mass is 9.96. The summed E-state index contributed by atoms with van der Waals surface area (Å²) in [5.74, 6) is 2.37. The van der Waals surface area contributed by atoms with E-state index in [1.807, 2.05) is 19.2 Å². The number of hydrogen-bond donors (Lipinski definition) is 1. The molecule has 0 aliphatic carbocycles. The number of aliphatic imine (C=N–C) groups is 1. The van der Waals surface area contributed by atoms with E-state index in [1.165, 1.54) is 24.8 Å². The van der Waals surface area contributed by atoms with E-state index in [2.05, 4.69) is 46.3 Å². The smallest absolute Gasteiger partial charge is 0.226 e. The van der Waals surface area contributed by atoms with Crippen molar-refractivity contribution in [3.8, 4) is 11.5 Å². The quantitative estimate of drug-likeness (QED) is 0.344. The van der Waals surface area contributed by atoms with Gasteiger partial charge in [-0.1, -0.05) is 17.7 Å². The minimum Gasteiger partial charge on any atom is -0.444 e. The van der Waals surface area contributed by atoms with Gasteiger partial charge in [0.2, 0.25) is 5.89 Å². The number of nitrogens with zero attached hydrogens (tertiary/aromatic N) is 3. The summed E-state index contributed by atoms with van der Waals surface area (Å²) in [4.78, 5) is 11.2. The molecule has 0 unspecified atom stereocenters. The maximum Gasteiger partial charge on any atom is 0.226 e. The molecule has 7 heteroatoms. The molecule has 0 radical (unpaired) electrons. The van der Waals surface area contributed by atoms with Gasteiger partial charge in [0.1, 0.15) is 6.26 Å². The zero-order chi connectivity index (χ0) is 19.8. The number of halogens is 1. The summed E-state index contributed by atoms with van der Waals surface area (Å²) in [7, 11) is 3.93. The van der Waals surface area contributed by atoms with E-state index < -0.39 is 0 Å². The number of aryl methyl sites for hydroxylation is 1. The minimum atomic E-state index is 0. The van der Waals surface area contributed by atoms with Crippen molar-refractivity contribution in [3.05, 3.63) is 41.8 Å². The minimum absolute atomic E-state index is 0. The third kappa shape index (κ3) is 7.29. The molecule has 1 aromatic heterocycles. The summed E-state index contributed by atoms with van der Waals surface area (Å²) in [6.07, 6.45) is 6.07. The van der Waals surface area contributed by atoms with Gasteiger partial charge >= 0.3 is 0 Å². The van der Waals surface area contributed by atoms with Crippen LogP contribution >= 0.6 is 24.0 Å². The molecule has 1 aliphatic rings. The lowest BCUT2D eigenvalue weighted by Gasteiger charge is -2.26. The molecule has 2 heterocycles. The Kier molecular flexibility index (Phi) is 9.93. The molecule has 1 fully saturated rings. The lowest BCUT2D eigenvalue weighted by Crippen LogP contribution is -2.40. The Morgan fingerprint density at radius 3 is 2.66 bits per heavy atom. The third-order valence-corrected chi connectivity index (χ3v) is 5.30. The molecule has 0 spiro atoms. The van der Waals surface area contributed by atoms with E-state index in [-0.39, 0.29) is 24.0 Å². The highest BCUT2D eigenvalue weighted by molar-refractivity contribution is 14.0. The summed E-state index contributed by atoms with van der Waals surface area (Å²) < 4.78 is 11.1. The van der Waals surface area contributed by atoms with Gasteiger partial charge < -0.3 is 19.4 Å². The van der Waals surface area contributed by atoms with E-state index in [9.17, 15) is 0 Å². The molecular formula is C22H33IN4O2. The molecule has 160 valence electrons. The second kappa shape index (κ2) is 12.2. The Morgan fingerprint density at radius 1 is 1.24 bits per heavy atom.